The van der Waals surface area contributed by atoms with Crippen LogP contribution in [0.25, 0.3) is 0 Å². The molecule has 0 aromatic carbocycles. The minimum Gasteiger partial charge on any atom is -0.398 e. The molecule has 1 atom stereocenters. The lowest BCUT2D eigenvalue weighted by atomic mass is 10.1. The highest BCUT2D eigenvalue weighted by Crippen LogP contribution is 2.58. The van der Waals surface area contributed by atoms with Crippen LogP contribution in [0.15, 0.2) is 12.1 Å². The third-order valence-electron chi connectivity index (χ3n) is 2.73. The van der Waals surface area contributed by atoms with Crippen LogP contribution in [0.4, 0.5) is 69.2 Å². The molecule has 0 heterocycles. The number of hydrogen-bond acceptors (Lipinski definition) is 6. The molecule has 0 radical (unpaired) electrons. The van der Waals surface area contributed by atoms with E-state index in [1.165, 1.54) is 4.74 Å². The third kappa shape index (κ3) is 4.65. The average molecular weight is 560 g/mol. The van der Waals surface area contributed by atoms with E-state index in [1.54, 1.807) is 4.74 Å². The Balaban J connectivity index is 7.28. The monoisotopic (exact) mass is 560 g/mol. The summed E-state index contributed by atoms with van der Waals surface area (Å²) in [5.41, 5.74) is 0. The van der Waals surface area contributed by atoms with Crippen molar-refractivity contribution in [3.8, 4) is 0 Å². The number of rotatable bonds is 10. The van der Waals surface area contributed by atoms with Crippen molar-refractivity contribution in [2.24, 2.45) is 0 Å². The second kappa shape index (κ2) is 7.95. The van der Waals surface area contributed by atoms with Crippen molar-refractivity contribution in [3.05, 3.63) is 12.1 Å². The topological polar surface area (TPSA) is 86.7 Å². The quantitative estimate of drug-likeness (QED) is 0.225. The molecular formula is C8F16O6S2. The van der Waals surface area contributed by atoms with Crippen molar-refractivity contribution >= 4 is 20.4 Å². The Morgan fingerprint density at radius 3 is 1.22 bits per heavy atom. The van der Waals surface area contributed by atoms with Crippen LogP contribution >= 0.6 is 0 Å². The first kappa shape index (κ1) is 30.3. The van der Waals surface area contributed by atoms with Gasteiger partial charge >= 0.3 is 67.0 Å². The van der Waals surface area contributed by atoms with Crippen LogP contribution in [0, 0.1) is 0 Å². The second-order valence-corrected chi connectivity index (χ2v) is 7.63. The summed E-state index contributed by atoms with van der Waals surface area (Å²) in [6, 6.07) is -4.30. The van der Waals surface area contributed by atoms with E-state index in [2.05, 4.69) is 0 Å². The fourth-order valence-electron chi connectivity index (χ4n) is 1.24. The van der Waals surface area contributed by atoms with E-state index in [4.69, 9.17) is 0 Å². The minimum absolute atomic E-state index is 1.27. The van der Waals surface area contributed by atoms with Gasteiger partial charge in [0.1, 0.15) is 0 Å². The van der Waals surface area contributed by atoms with Crippen molar-refractivity contribution in [2.45, 2.75) is 34.5 Å². The van der Waals surface area contributed by atoms with E-state index >= 15 is 0 Å². The summed E-state index contributed by atoms with van der Waals surface area (Å²) in [7, 11) is -16.7. The summed E-state index contributed by atoms with van der Waals surface area (Å²) in [6.45, 7) is 0. The molecule has 0 amide bonds. The molecule has 0 saturated heterocycles. The summed E-state index contributed by atoms with van der Waals surface area (Å²) < 4.78 is 249. The summed E-state index contributed by atoms with van der Waals surface area (Å²) >= 11 is 0. The van der Waals surface area contributed by atoms with Crippen LogP contribution < -0.4 is 0 Å². The minimum atomic E-state index is -8.48. The van der Waals surface area contributed by atoms with Gasteiger partial charge in [-0.3, -0.25) is 4.74 Å². The summed E-state index contributed by atoms with van der Waals surface area (Å²) in [5.74, 6) is -16.9. The molecule has 0 N–H and O–H groups in total. The highest BCUT2D eigenvalue weighted by atomic mass is 32.3. The van der Waals surface area contributed by atoms with E-state index in [0.717, 1.165) is 0 Å². The molecule has 0 rings (SSSR count). The number of halogens is 16. The van der Waals surface area contributed by atoms with Gasteiger partial charge in [-0.15, -0.1) is 0 Å². The van der Waals surface area contributed by atoms with E-state index in [-0.39, 0.29) is 0 Å². The van der Waals surface area contributed by atoms with Gasteiger partial charge in [-0.1, -0.05) is 7.77 Å². The van der Waals surface area contributed by atoms with Gasteiger partial charge in [-0.2, -0.15) is 78.3 Å². The Bertz CT molecular complexity index is 966. The van der Waals surface area contributed by atoms with Crippen LogP contribution in [0.5, 0.6) is 0 Å². The van der Waals surface area contributed by atoms with Gasteiger partial charge in [0.05, 0.1) is 0 Å². The lowest BCUT2D eigenvalue weighted by Crippen LogP contribution is -2.70. The Morgan fingerprint density at radius 2 is 0.938 bits per heavy atom. The second-order valence-electron chi connectivity index (χ2n) is 4.85. The zero-order chi connectivity index (χ0) is 26.6. The lowest BCUT2D eigenvalue weighted by Gasteiger charge is -2.40. The van der Waals surface area contributed by atoms with Crippen LogP contribution in [-0.4, -0.2) is 51.3 Å². The van der Waals surface area contributed by atoms with E-state index in [1.807, 2.05) is 0 Å². The predicted octanol–water partition coefficient (Wildman–Crippen LogP) is 4.33. The fourth-order valence-corrected chi connectivity index (χ4v) is 2.00. The van der Waals surface area contributed by atoms with Gasteiger partial charge in [-0.05, 0) is 0 Å². The molecular weight excluding hydrogens is 560 g/mol. The zero-order valence-electron chi connectivity index (χ0n) is 13.3. The van der Waals surface area contributed by atoms with Crippen molar-refractivity contribution in [2.75, 3.05) is 0 Å². The molecule has 1 unspecified atom stereocenters. The van der Waals surface area contributed by atoms with Crippen molar-refractivity contribution in [1.82, 2.24) is 0 Å². The molecule has 0 aromatic rings. The summed E-state index contributed by atoms with van der Waals surface area (Å²) in [5, 5.41) is -15.8. The van der Waals surface area contributed by atoms with Crippen LogP contribution in [0.3, 0.4) is 0 Å². The number of alkyl halides is 11. The molecule has 0 aliphatic rings. The molecule has 0 bridgehead atoms. The lowest BCUT2D eigenvalue weighted by molar-refractivity contribution is -0.504. The molecule has 0 spiro atoms. The Kier molecular flexibility index (Phi) is 7.52. The van der Waals surface area contributed by atoms with Crippen LogP contribution in [0.2, 0.25) is 0 Å². The first-order valence-corrected chi connectivity index (χ1v) is 8.86. The molecule has 6 nitrogen and oxygen atoms in total. The maximum atomic E-state index is 14.1. The Hall–Kier alpha value is -1.72. The maximum absolute atomic E-state index is 14.1. The highest BCUT2D eigenvalue weighted by molar-refractivity contribution is 7.87. The van der Waals surface area contributed by atoms with Gasteiger partial charge < -0.3 is 4.74 Å². The first-order valence-electron chi connectivity index (χ1n) is 6.10. The maximum Gasteiger partial charge on any atom is 0.468 e. The van der Waals surface area contributed by atoms with Gasteiger partial charge in [0.15, 0.2) is 0 Å². The van der Waals surface area contributed by atoms with E-state index in [9.17, 15) is 86.1 Å². The molecule has 192 valence electrons. The fraction of sp³-hybridized carbons (Fsp3) is 0.750. The van der Waals surface area contributed by atoms with Crippen LogP contribution in [0.1, 0.15) is 0 Å². The van der Waals surface area contributed by atoms with Gasteiger partial charge in [0, 0.05) is 0 Å². The molecule has 24 heteroatoms. The van der Waals surface area contributed by atoms with Crippen LogP contribution in [-0.2, 0) is 29.9 Å². The molecule has 32 heavy (non-hydrogen) atoms. The molecule has 0 aliphatic heterocycles. The van der Waals surface area contributed by atoms with Gasteiger partial charge in [0.2, 0.25) is 0 Å². The highest BCUT2D eigenvalue weighted by Gasteiger charge is 2.89. The molecule has 0 saturated carbocycles. The normalized spacial score (nSPS) is 17.0. The van der Waals surface area contributed by atoms with Gasteiger partial charge in [0.25, 0.3) is 0 Å². The van der Waals surface area contributed by atoms with Crippen molar-refractivity contribution in [3.63, 3.8) is 0 Å². The number of hydrogen-bond donors (Lipinski definition) is 0. The van der Waals surface area contributed by atoms with Gasteiger partial charge in [-0.25, -0.2) is 0 Å². The van der Waals surface area contributed by atoms with Crippen molar-refractivity contribution < 1.29 is 95.5 Å². The first-order chi connectivity index (χ1) is 13.5. The molecule has 0 fully saturated rings. The summed E-state index contributed by atoms with van der Waals surface area (Å²) in [6.07, 6.45) is -20.1. The SMILES string of the molecule is O=S(=O)(F)C(F)(F)C(F)(F)OC(F)(C(F)(F)OC(F)=C(F)F)C(F)(F)C(F)(F)S(=O)(=O)F. The Morgan fingerprint density at radius 1 is 0.594 bits per heavy atom. The number of ether oxygens (including phenoxy) is 2. The zero-order valence-corrected chi connectivity index (χ0v) is 14.9. The smallest absolute Gasteiger partial charge is 0.398 e. The molecule has 0 aromatic heterocycles. The van der Waals surface area contributed by atoms with Crippen molar-refractivity contribution in [1.29, 1.82) is 0 Å². The average Bonchev–Trinajstić information content (AvgIpc) is 2.50. The third-order valence-corrected chi connectivity index (χ3v) is 4.45. The Labute approximate surface area is 163 Å². The van der Waals surface area contributed by atoms with E-state index in [0.29, 0.717) is 0 Å². The largest absolute Gasteiger partial charge is 0.468 e. The summed E-state index contributed by atoms with van der Waals surface area (Å²) in [4.78, 5) is 0. The molecule has 0 aliphatic carbocycles. The predicted molar refractivity (Wildman–Crippen MR) is 61.1 cm³/mol. The van der Waals surface area contributed by atoms with E-state index < -0.39 is 67.0 Å². The standard InChI is InChI=1S/C8F16O6S2/c9-1(10)2(11)29-5(15,16)4(14,3(12,13)7(19,20)31(23,25)26)30-6(17,18)8(21,22)32(24,27)28.